The second-order valence-electron chi connectivity index (χ2n) is 4.74. The fraction of sp³-hybridized carbons (Fsp3) is 0.267. The third-order valence-electron chi connectivity index (χ3n) is 3.23. The minimum absolute atomic E-state index is 0.0396. The van der Waals surface area contributed by atoms with Gasteiger partial charge in [0.15, 0.2) is 5.82 Å². The average molecular weight is 285 g/mol. The first-order chi connectivity index (χ1) is 10.1. The number of hydrogen-bond acceptors (Lipinski definition) is 4. The summed E-state index contributed by atoms with van der Waals surface area (Å²) in [5.74, 6) is 0.280. The van der Waals surface area contributed by atoms with Crippen molar-refractivity contribution in [3.8, 4) is 0 Å². The molecule has 21 heavy (non-hydrogen) atoms. The van der Waals surface area contributed by atoms with E-state index in [4.69, 9.17) is 11.1 Å². The van der Waals surface area contributed by atoms with E-state index in [0.717, 1.165) is 6.42 Å². The molecule has 0 saturated heterocycles. The molecule has 0 bridgehead atoms. The Kier molecular flexibility index (Phi) is 4.37. The van der Waals surface area contributed by atoms with Gasteiger partial charge in [0, 0.05) is 31.5 Å². The first-order valence-electron chi connectivity index (χ1n) is 6.78. The zero-order valence-electron chi connectivity index (χ0n) is 12.2. The SMILES string of the molecule is CCCn1ccnc(N(C)c2ccccc2C(=N)N)c1=O. The Bertz CT molecular complexity index is 707. The third kappa shape index (κ3) is 2.94. The van der Waals surface area contributed by atoms with E-state index >= 15 is 0 Å². The van der Waals surface area contributed by atoms with Crippen LogP contribution in [0, 0.1) is 5.41 Å². The van der Waals surface area contributed by atoms with Gasteiger partial charge in [0.25, 0.3) is 5.56 Å². The van der Waals surface area contributed by atoms with Crippen molar-refractivity contribution in [1.29, 1.82) is 5.41 Å². The van der Waals surface area contributed by atoms with E-state index in [9.17, 15) is 4.79 Å². The minimum atomic E-state index is -0.153. The zero-order valence-corrected chi connectivity index (χ0v) is 12.2. The maximum Gasteiger partial charge on any atom is 0.293 e. The molecule has 0 unspecified atom stereocenters. The lowest BCUT2D eigenvalue weighted by Gasteiger charge is -2.21. The molecule has 2 rings (SSSR count). The normalized spacial score (nSPS) is 10.4. The van der Waals surface area contributed by atoms with Crippen molar-refractivity contribution in [2.24, 2.45) is 5.73 Å². The van der Waals surface area contributed by atoms with Gasteiger partial charge in [-0.05, 0) is 18.6 Å². The van der Waals surface area contributed by atoms with Crippen LogP contribution in [0.15, 0.2) is 41.5 Å². The number of para-hydroxylation sites is 1. The number of aryl methyl sites for hydroxylation is 1. The maximum atomic E-state index is 12.4. The summed E-state index contributed by atoms with van der Waals surface area (Å²) in [6.07, 6.45) is 4.16. The van der Waals surface area contributed by atoms with Crippen molar-refractivity contribution in [3.63, 3.8) is 0 Å². The number of anilines is 2. The maximum absolute atomic E-state index is 12.4. The quantitative estimate of drug-likeness (QED) is 0.646. The Morgan fingerprint density at radius 3 is 2.81 bits per heavy atom. The highest BCUT2D eigenvalue weighted by molar-refractivity contribution is 6.01. The van der Waals surface area contributed by atoms with Gasteiger partial charge in [0.1, 0.15) is 5.84 Å². The molecule has 0 aliphatic carbocycles. The van der Waals surface area contributed by atoms with Crippen LogP contribution in [0.1, 0.15) is 18.9 Å². The van der Waals surface area contributed by atoms with Gasteiger partial charge in [-0.25, -0.2) is 4.98 Å². The van der Waals surface area contributed by atoms with Gasteiger partial charge in [0.2, 0.25) is 0 Å². The highest BCUT2D eigenvalue weighted by atomic mass is 16.1. The molecule has 0 radical (unpaired) electrons. The van der Waals surface area contributed by atoms with Crippen LogP contribution in [0.5, 0.6) is 0 Å². The largest absolute Gasteiger partial charge is 0.384 e. The predicted octanol–water partition coefficient (Wildman–Crippen LogP) is 1.71. The molecule has 110 valence electrons. The molecule has 6 heteroatoms. The topological polar surface area (TPSA) is 88.0 Å². The second kappa shape index (κ2) is 6.21. The monoisotopic (exact) mass is 285 g/mol. The molecular formula is C15H19N5O. The van der Waals surface area contributed by atoms with E-state index in [1.165, 1.54) is 0 Å². The highest BCUT2D eigenvalue weighted by Gasteiger charge is 2.15. The summed E-state index contributed by atoms with van der Waals surface area (Å²) in [5, 5.41) is 7.64. The molecule has 3 N–H and O–H groups in total. The standard InChI is InChI=1S/C15H19N5O/c1-3-9-20-10-8-18-14(15(20)21)19(2)12-7-5-4-6-11(12)13(16)17/h4-8,10H,3,9H2,1-2H3,(H3,16,17). The van der Waals surface area contributed by atoms with Gasteiger partial charge in [-0.1, -0.05) is 19.1 Å². The number of rotatable bonds is 5. The summed E-state index contributed by atoms with van der Waals surface area (Å²) in [4.78, 5) is 18.3. The molecule has 2 aromatic rings. The van der Waals surface area contributed by atoms with Crippen LogP contribution in [-0.4, -0.2) is 22.4 Å². The molecule has 0 amide bonds. The van der Waals surface area contributed by atoms with E-state index in [0.29, 0.717) is 23.6 Å². The lowest BCUT2D eigenvalue weighted by molar-refractivity contribution is 0.648. The molecular weight excluding hydrogens is 266 g/mol. The molecule has 1 heterocycles. The summed E-state index contributed by atoms with van der Waals surface area (Å²) in [6.45, 7) is 2.66. The molecule has 0 saturated carbocycles. The second-order valence-corrected chi connectivity index (χ2v) is 4.74. The highest BCUT2D eigenvalue weighted by Crippen LogP contribution is 2.23. The van der Waals surface area contributed by atoms with Crippen molar-refractivity contribution >= 4 is 17.3 Å². The van der Waals surface area contributed by atoms with Gasteiger partial charge < -0.3 is 15.2 Å². The van der Waals surface area contributed by atoms with Gasteiger partial charge in [-0.2, -0.15) is 0 Å². The van der Waals surface area contributed by atoms with Crippen molar-refractivity contribution in [3.05, 3.63) is 52.6 Å². The van der Waals surface area contributed by atoms with Crippen LogP contribution >= 0.6 is 0 Å². The van der Waals surface area contributed by atoms with Crippen LogP contribution in [0.2, 0.25) is 0 Å². The smallest absolute Gasteiger partial charge is 0.293 e. The number of nitrogens with two attached hydrogens (primary N) is 1. The molecule has 1 aromatic carbocycles. The zero-order chi connectivity index (χ0) is 15.4. The van der Waals surface area contributed by atoms with Gasteiger partial charge in [-0.15, -0.1) is 0 Å². The van der Waals surface area contributed by atoms with E-state index < -0.39 is 0 Å². The number of nitrogens with zero attached hydrogens (tertiary/aromatic N) is 3. The van der Waals surface area contributed by atoms with Crippen LogP contribution in [-0.2, 0) is 6.54 Å². The average Bonchev–Trinajstić information content (AvgIpc) is 2.49. The predicted molar refractivity (Wildman–Crippen MR) is 84.3 cm³/mol. The Labute approximate surface area is 123 Å². The third-order valence-corrected chi connectivity index (χ3v) is 3.23. The van der Waals surface area contributed by atoms with Crippen LogP contribution in [0.25, 0.3) is 0 Å². The molecule has 1 aromatic heterocycles. The number of hydrogen-bond donors (Lipinski definition) is 2. The lowest BCUT2D eigenvalue weighted by atomic mass is 10.1. The Morgan fingerprint density at radius 1 is 1.43 bits per heavy atom. The summed E-state index contributed by atoms with van der Waals surface area (Å²) in [6, 6.07) is 7.21. The molecule has 0 aliphatic heterocycles. The molecule has 0 spiro atoms. The van der Waals surface area contributed by atoms with Crippen molar-refractivity contribution in [2.75, 3.05) is 11.9 Å². The summed E-state index contributed by atoms with van der Waals surface area (Å²) in [5.41, 5.74) is 6.71. The van der Waals surface area contributed by atoms with Gasteiger partial charge in [-0.3, -0.25) is 10.2 Å². The van der Waals surface area contributed by atoms with Crippen LogP contribution in [0.4, 0.5) is 11.5 Å². The molecule has 0 aliphatic rings. The van der Waals surface area contributed by atoms with E-state index in [-0.39, 0.29) is 11.4 Å². The fourth-order valence-electron chi connectivity index (χ4n) is 2.19. The minimum Gasteiger partial charge on any atom is -0.384 e. The molecule has 0 fully saturated rings. The number of aromatic nitrogens is 2. The van der Waals surface area contributed by atoms with Gasteiger partial charge in [0.05, 0.1) is 5.69 Å². The van der Waals surface area contributed by atoms with Crippen molar-refractivity contribution < 1.29 is 0 Å². The first-order valence-corrected chi connectivity index (χ1v) is 6.78. The number of benzene rings is 1. The summed E-state index contributed by atoms with van der Waals surface area (Å²) < 4.78 is 1.63. The number of amidine groups is 1. The van der Waals surface area contributed by atoms with Crippen LogP contribution < -0.4 is 16.2 Å². The molecule has 0 atom stereocenters. The van der Waals surface area contributed by atoms with E-state index in [2.05, 4.69) is 4.98 Å². The summed E-state index contributed by atoms with van der Waals surface area (Å²) in [7, 11) is 1.75. The molecule has 6 nitrogen and oxygen atoms in total. The Morgan fingerprint density at radius 2 is 2.14 bits per heavy atom. The van der Waals surface area contributed by atoms with Crippen LogP contribution in [0.3, 0.4) is 0 Å². The Balaban J connectivity index is 2.51. The fourth-order valence-corrected chi connectivity index (χ4v) is 2.19. The number of nitrogen functional groups attached to an aromatic ring is 1. The number of nitrogens with one attached hydrogen (secondary N) is 1. The van der Waals surface area contributed by atoms with Gasteiger partial charge >= 0.3 is 0 Å². The Hall–Kier alpha value is -2.63. The van der Waals surface area contributed by atoms with Crippen molar-refractivity contribution in [1.82, 2.24) is 9.55 Å². The summed E-state index contributed by atoms with van der Waals surface area (Å²) >= 11 is 0. The lowest BCUT2D eigenvalue weighted by Crippen LogP contribution is -2.29. The van der Waals surface area contributed by atoms with Crippen molar-refractivity contribution in [2.45, 2.75) is 19.9 Å². The first kappa shape index (κ1) is 14.8. The van der Waals surface area contributed by atoms with E-state index in [1.807, 2.05) is 25.1 Å². The van der Waals surface area contributed by atoms with E-state index in [1.54, 1.807) is 35.0 Å².